The van der Waals surface area contributed by atoms with Crippen molar-refractivity contribution in [2.75, 3.05) is 0 Å². The highest BCUT2D eigenvalue weighted by atomic mass is 16.2. The number of Topliss-reactive ketones (excluding diaryl/α,β-unsaturated/α-hetero) is 1. The van der Waals surface area contributed by atoms with Crippen LogP contribution in [0, 0.1) is 5.92 Å². The van der Waals surface area contributed by atoms with Crippen molar-refractivity contribution in [3.63, 3.8) is 0 Å². The van der Waals surface area contributed by atoms with E-state index in [-0.39, 0.29) is 23.7 Å². The Bertz CT molecular complexity index is 215. The molecular weight excluding hydrogens is 154 g/mol. The summed E-state index contributed by atoms with van der Waals surface area (Å²) >= 11 is 0. The first-order chi connectivity index (χ1) is 5.63. The van der Waals surface area contributed by atoms with Crippen LogP contribution >= 0.6 is 0 Å². The third-order valence-electron chi connectivity index (χ3n) is 2.04. The van der Waals surface area contributed by atoms with Crippen molar-refractivity contribution in [3.8, 4) is 0 Å². The van der Waals surface area contributed by atoms with Crippen molar-refractivity contribution in [2.24, 2.45) is 5.92 Å². The smallest absolute Gasteiger partial charge is 0.224 e. The van der Waals surface area contributed by atoms with Gasteiger partial charge in [0.1, 0.15) is 5.78 Å². The number of carbonyl (C=O) groups is 2. The second-order valence-corrected chi connectivity index (χ2v) is 3.18. The van der Waals surface area contributed by atoms with E-state index in [0.717, 1.165) is 0 Å². The van der Waals surface area contributed by atoms with E-state index in [0.29, 0.717) is 12.8 Å². The summed E-state index contributed by atoms with van der Waals surface area (Å²) in [4.78, 5) is 21.8. The van der Waals surface area contributed by atoms with Gasteiger partial charge in [0.25, 0.3) is 0 Å². The molecule has 0 radical (unpaired) electrons. The summed E-state index contributed by atoms with van der Waals surface area (Å²) < 4.78 is 0. The molecule has 0 spiro atoms. The molecule has 0 heterocycles. The van der Waals surface area contributed by atoms with Crippen molar-refractivity contribution >= 4 is 11.7 Å². The number of nitrogens with one attached hydrogen (secondary N) is 1. The summed E-state index contributed by atoms with van der Waals surface area (Å²) in [6.45, 7) is 5.40. The second-order valence-electron chi connectivity index (χ2n) is 3.18. The average Bonchev–Trinajstić information content (AvgIpc) is 1.98. The first kappa shape index (κ1) is 8.97. The molecule has 12 heavy (non-hydrogen) atoms. The van der Waals surface area contributed by atoms with Gasteiger partial charge in [0.05, 0.1) is 5.92 Å². The van der Waals surface area contributed by atoms with Gasteiger partial charge in [-0.25, -0.2) is 0 Å². The average molecular weight is 167 g/mol. The Morgan fingerprint density at radius 2 is 2.33 bits per heavy atom. The van der Waals surface area contributed by atoms with Gasteiger partial charge in [0.15, 0.2) is 0 Å². The first-order valence-electron chi connectivity index (χ1n) is 4.08. The van der Waals surface area contributed by atoms with Crippen molar-refractivity contribution in [3.05, 3.63) is 12.7 Å². The molecule has 1 rings (SSSR count). The van der Waals surface area contributed by atoms with Gasteiger partial charge in [0, 0.05) is 18.9 Å². The zero-order valence-corrected chi connectivity index (χ0v) is 7.17. The van der Waals surface area contributed by atoms with Gasteiger partial charge < -0.3 is 5.32 Å². The number of hydrogen-bond acceptors (Lipinski definition) is 2. The fraction of sp³-hybridized carbons (Fsp3) is 0.556. The SMILES string of the molecule is C=CC(C)NC(=O)C1CC(=O)C1. The summed E-state index contributed by atoms with van der Waals surface area (Å²) in [5.41, 5.74) is 0. The maximum Gasteiger partial charge on any atom is 0.224 e. The lowest BCUT2D eigenvalue weighted by molar-refractivity contribution is -0.138. The number of rotatable bonds is 3. The van der Waals surface area contributed by atoms with Crippen LogP contribution in [0.5, 0.6) is 0 Å². The molecule has 0 bridgehead atoms. The van der Waals surface area contributed by atoms with E-state index in [4.69, 9.17) is 0 Å². The summed E-state index contributed by atoms with van der Waals surface area (Å²) in [5.74, 6) is 0.0725. The van der Waals surface area contributed by atoms with Crippen molar-refractivity contribution in [2.45, 2.75) is 25.8 Å². The maximum absolute atomic E-state index is 11.2. The minimum Gasteiger partial charge on any atom is -0.350 e. The molecule has 1 aliphatic rings. The molecule has 0 aromatic carbocycles. The van der Waals surface area contributed by atoms with E-state index in [1.807, 2.05) is 6.92 Å². The van der Waals surface area contributed by atoms with Crippen LogP contribution in [0.25, 0.3) is 0 Å². The summed E-state index contributed by atoms with van der Waals surface area (Å²) in [5, 5.41) is 2.74. The second kappa shape index (κ2) is 3.52. The first-order valence-corrected chi connectivity index (χ1v) is 4.08. The third kappa shape index (κ3) is 1.94. The van der Waals surface area contributed by atoms with Crippen LogP contribution in [0.1, 0.15) is 19.8 Å². The Hall–Kier alpha value is -1.12. The largest absolute Gasteiger partial charge is 0.350 e. The van der Waals surface area contributed by atoms with E-state index in [2.05, 4.69) is 11.9 Å². The standard InChI is InChI=1S/C9H13NO2/c1-3-6(2)10-9(12)7-4-8(11)5-7/h3,6-7H,1,4-5H2,2H3,(H,10,12). The van der Waals surface area contributed by atoms with E-state index in [1.165, 1.54) is 0 Å². The van der Waals surface area contributed by atoms with Gasteiger partial charge in [0.2, 0.25) is 5.91 Å². The summed E-state index contributed by atoms with van der Waals surface area (Å²) in [7, 11) is 0. The lowest BCUT2D eigenvalue weighted by Crippen LogP contribution is -2.42. The topological polar surface area (TPSA) is 46.2 Å². The lowest BCUT2D eigenvalue weighted by atomic mass is 9.83. The van der Waals surface area contributed by atoms with Crippen molar-refractivity contribution in [1.82, 2.24) is 5.32 Å². The predicted octanol–water partition coefficient (Wildman–Crippen LogP) is 0.656. The number of carbonyl (C=O) groups excluding carboxylic acids is 2. The highest BCUT2D eigenvalue weighted by Crippen LogP contribution is 2.22. The Labute approximate surface area is 71.8 Å². The van der Waals surface area contributed by atoms with Crippen LogP contribution < -0.4 is 5.32 Å². The molecule has 66 valence electrons. The molecule has 3 nitrogen and oxygen atoms in total. The number of ketones is 1. The monoisotopic (exact) mass is 167 g/mol. The minimum absolute atomic E-state index is 0.00629. The Balaban J connectivity index is 2.29. The predicted molar refractivity (Wildman–Crippen MR) is 45.5 cm³/mol. The van der Waals surface area contributed by atoms with Gasteiger partial charge in [-0.3, -0.25) is 9.59 Å². The molecule has 1 fully saturated rings. The van der Waals surface area contributed by atoms with E-state index in [9.17, 15) is 9.59 Å². The number of amides is 1. The van der Waals surface area contributed by atoms with Crippen LogP contribution in [0.15, 0.2) is 12.7 Å². The van der Waals surface area contributed by atoms with Gasteiger partial charge in [-0.2, -0.15) is 0 Å². The quantitative estimate of drug-likeness (QED) is 0.627. The summed E-state index contributed by atoms with van der Waals surface area (Å²) in [6.07, 6.45) is 2.49. The van der Waals surface area contributed by atoms with Gasteiger partial charge in [-0.15, -0.1) is 6.58 Å². The fourth-order valence-corrected chi connectivity index (χ4v) is 1.08. The van der Waals surface area contributed by atoms with E-state index >= 15 is 0 Å². The zero-order valence-electron chi connectivity index (χ0n) is 7.17. The van der Waals surface area contributed by atoms with Gasteiger partial charge >= 0.3 is 0 Å². The molecule has 3 heteroatoms. The molecule has 1 unspecified atom stereocenters. The molecule has 0 aliphatic heterocycles. The Morgan fingerprint density at radius 3 is 2.75 bits per heavy atom. The number of hydrogen-bond donors (Lipinski definition) is 1. The van der Waals surface area contributed by atoms with Crippen LogP contribution in [0.2, 0.25) is 0 Å². The normalized spacial score (nSPS) is 19.6. The van der Waals surface area contributed by atoms with Crippen LogP contribution in [-0.2, 0) is 9.59 Å². The molecule has 1 aliphatic carbocycles. The molecular formula is C9H13NO2. The minimum atomic E-state index is -0.0834. The molecule has 1 saturated carbocycles. The molecule has 1 N–H and O–H groups in total. The summed E-state index contributed by atoms with van der Waals surface area (Å²) in [6, 6.07) is -0.00629. The highest BCUT2D eigenvalue weighted by Gasteiger charge is 2.32. The van der Waals surface area contributed by atoms with E-state index in [1.54, 1.807) is 6.08 Å². The van der Waals surface area contributed by atoms with Gasteiger partial charge in [-0.1, -0.05) is 6.08 Å². The third-order valence-corrected chi connectivity index (χ3v) is 2.04. The molecule has 0 aromatic heterocycles. The maximum atomic E-state index is 11.2. The molecule has 1 atom stereocenters. The zero-order chi connectivity index (χ0) is 9.14. The molecule has 0 aromatic rings. The highest BCUT2D eigenvalue weighted by molar-refractivity contribution is 5.96. The van der Waals surface area contributed by atoms with Crippen molar-refractivity contribution in [1.29, 1.82) is 0 Å². The van der Waals surface area contributed by atoms with E-state index < -0.39 is 0 Å². The van der Waals surface area contributed by atoms with Gasteiger partial charge in [-0.05, 0) is 6.92 Å². The van der Waals surface area contributed by atoms with Crippen LogP contribution in [-0.4, -0.2) is 17.7 Å². The van der Waals surface area contributed by atoms with Crippen LogP contribution in [0.4, 0.5) is 0 Å². The lowest BCUT2D eigenvalue weighted by Gasteiger charge is -2.24. The fourth-order valence-electron chi connectivity index (χ4n) is 1.08. The Kier molecular flexibility index (Phi) is 2.63. The van der Waals surface area contributed by atoms with Crippen molar-refractivity contribution < 1.29 is 9.59 Å². The molecule has 0 saturated heterocycles. The van der Waals surface area contributed by atoms with Crippen LogP contribution in [0.3, 0.4) is 0 Å². The molecule has 1 amide bonds. The Morgan fingerprint density at radius 1 is 1.75 bits per heavy atom.